The molecule has 5 N–H and O–H groups in total. The van der Waals surface area contributed by atoms with Crippen LogP contribution in [0.15, 0.2) is 124 Å². The molecule has 0 aliphatic carbocycles. The number of halogens is 7. The number of hydroxylamine groups is 4. The third-order valence-corrected chi connectivity index (χ3v) is 26.7. The summed E-state index contributed by atoms with van der Waals surface area (Å²) in [6.07, 6.45) is 0.235. The molecule has 5 heterocycles. The lowest BCUT2D eigenvalue weighted by Crippen LogP contribution is -2.33. The van der Waals surface area contributed by atoms with E-state index in [9.17, 15) is 68.0 Å². The monoisotopic (exact) mass is 1950 g/mol. The molecule has 0 bridgehead atoms. The largest absolute Gasteiger partial charge is 0.379 e. The summed E-state index contributed by atoms with van der Waals surface area (Å²) >= 11 is 38.4. The first-order valence-electron chi connectivity index (χ1n) is 41.3. The lowest BCUT2D eigenvalue weighted by Gasteiger charge is -2.33. The van der Waals surface area contributed by atoms with E-state index < -0.39 is 85.4 Å². The van der Waals surface area contributed by atoms with Crippen LogP contribution in [0, 0.1) is 0 Å². The highest BCUT2D eigenvalue weighted by molar-refractivity contribution is 7.91. The van der Waals surface area contributed by atoms with Gasteiger partial charge in [0.1, 0.15) is 5.78 Å². The van der Waals surface area contributed by atoms with Crippen LogP contribution < -0.4 is 20.5 Å². The predicted molar refractivity (Wildman–Crippen MR) is 478 cm³/mol. The van der Waals surface area contributed by atoms with Crippen molar-refractivity contribution in [3.8, 4) is 0 Å². The summed E-state index contributed by atoms with van der Waals surface area (Å²) < 4.78 is 132. The highest BCUT2D eigenvalue weighted by Crippen LogP contribution is 2.43. The van der Waals surface area contributed by atoms with Gasteiger partial charge in [0.2, 0.25) is 26.0 Å². The number of nitrogens with two attached hydrogens (primary N) is 1. The second-order valence-corrected chi connectivity index (χ2v) is 38.0. The molecule has 6 aromatic rings. The van der Waals surface area contributed by atoms with Gasteiger partial charge in [-0.05, 0) is 157 Å². The lowest BCUT2D eigenvalue weighted by molar-refractivity contribution is -0.201. The second-order valence-electron chi connectivity index (χ2n) is 29.8. The van der Waals surface area contributed by atoms with Crippen molar-refractivity contribution < 1.29 is 107 Å². The number of Topliss-reactive ketones (excluding diaryl/α,β-unsaturated/α-hetero) is 1. The number of fused-ring (bicyclic) bond motifs is 3. The van der Waals surface area contributed by atoms with E-state index in [4.69, 9.17) is 105 Å². The number of ether oxygens (including phenoxy) is 6. The van der Waals surface area contributed by atoms with E-state index in [-0.39, 0.29) is 175 Å². The standard InChI is InChI=1S/C50H62Cl4N4O10S2.C22H29Cl2N3O4S.C12H12N2O8.CH3F.CH4/c1-57-31-44(42-27-37(51)29-48(53)46(42)33-57)35-7-3-10-40(25-35)69(61,62)24-6-17-66-21-22-67-18-14-55-50(60)13-12-39(59)9-5-16-65-20-23-68-19-15-56-70(63,64)41-11-4-8-36(26-41)45-32-58(2)34-47-43(45)28-38(52)30-49(47)54;1-27-14-20(19-12-17(23)13-22(24)21(19)15-27)16-3-2-4-18(11-16)32(28,29)26-6-8-31-10-9-30-7-5-25;15-7-1-2-8(16)13(7)21-11(19)5-6-12(20)22-14-9(17)3-4-10(14)18;1-2;/h3-4,7-8,10-11,25-30,44-45,56H,5-6,9,12-24,31-34H2,1-2H3,(H,55,60);2-4,11-13,20,26H,5-10,14-15,25H2,1H3;1-6H2;1H3;1H4/i;;;1D;. The van der Waals surface area contributed by atoms with Crippen LogP contribution in [-0.4, -0.2) is 256 Å². The Kier molecular flexibility index (Phi) is 44.1. The molecule has 41 heteroatoms. The molecule has 0 spiro atoms. The van der Waals surface area contributed by atoms with Crippen molar-refractivity contribution in [2.75, 3.05) is 159 Å². The predicted octanol–water partition coefficient (Wildman–Crippen LogP) is 11.0. The first-order valence-corrected chi connectivity index (χ1v) is 47.4. The molecule has 3 atom stereocenters. The number of ketones is 1. The van der Waals surface area contributed by atoms with Crippen LogP contribution in [0.5, 0.6) is 0 Å². The quantitative estimate of drug-likeness (QED) is 0.0204. The van der Waals surface area contributed by atoms with Crippen molar-refractivity contribution in [2.24, 2.45) is 5.73 Å². The average Bonchev–Trinajstić information content (AvgIpc) is 0.826. The number of imide groups is 2. The van der Waals surface area contributed by atoms with Crippen LogP contribution in [0.3, 0.4) is 0 Å². The summed E-state index contributed by atoms with van der Waals surface area (Å²) in [7, 11) is -5.99. The number of amides is 5. The molecule has 0 saturated carbocycles. The summed E-state index contributed by atoms with van der Waals surface area (Å²) in [5, 5.41) is 6.95. The Balaban J connectivity index is 0.000000315. The molecule has 2 saturated heterocycles. The molecule has 0 aromatic heterocycles. The van der Waals surface area contributed by atoms with Crippen LogP contribution in [0.4, 0.5) is 4.39 Å². The fraction of sp³-hybridized carbons (Fsp3) is 0.488. The first-order chi connectivity index (χ1) is 60.6. The molecule has 698 valence electrons. The molecular formula is C86H110Cl6FN9O22S3. The van der Waals surface area contributed by atoms with Gasteiger partial charge < -0.3 is 63.8 Å². The molecule has 127 heavy (non-hydrogen) atoms. The maximum atomic E-state index is 13.2. The van der Waals surface area contributed by atoms with Crippen molar-refractivity contribution >= 4 is 147 Å². The number of nitrogens with zero attached hydrogens (tertiary/aromatic N) is 5. The molecule has 3 unspecified atom stereocenters. The number of sulfonamides is 2. The maximum absolute atomic E-state index is 13.2. The Hall–Kier alpha value is -7.28. The molecule has 11 rings (SSSR count). The Morgan fingerprint density at radius 3 is 1.17 bits per heavy atom. The number of hydrogen-bond acceptors (Lipinski definition) is 26. The number of nitrogens with one attached hydrogen (secondary N) is 3. The number of likely N-dealkylation sites (N-methyl/N-ethyl adjacent to an activating group) is 3. The van der Waals surface area contributed by atoms with Gasteiger partial charge in [0, 0.05) is 171 Å². The zero-order valence-corrected chi connectivity index (χ0v) is 77.0. The highest BCUT2D eigenvalue weighted by Gasteiger charge is 2.37. The van der Waals surface area contributed by atoms with E-state index in [0.717, 1.165) is 63.2 Å². The zero-order chi connectivity index (χ0) is 92.4. The van der Waals surface area contributed by atoms with Crippen LogP contribution in [-0.2, 0) is 126 Å². The first kappa shape index (κ1) is 105. The summed E-state index contributed by atoms with van der Waals surface area (Å²) in [4.78, 5) is 108. The summed E-state index contributed by atoms with van der Waals surface area (Å²) in [5.41, 5.74) is 14.0. The van der Waals surface area contributed by atoms with Crippen LogP contribution in [0.25, 0.3) is 0 Å². The highest BCUT2D eigenvalue weighted by atomic mass is 35.5. The summed E-state index contributed by atoms with van der Waals surface area (Å²) in [6.45, 7) is 8.88. The third-order valence-electron chi connectivity index (χ3n) is 20.3. The minimum atomic E-state index is -3.79. The number of benzene rings is 6. The Bertz CT molecular complexity index is 4880. The number of rotatable bonds is 44. The SMILES string of the molecule is C.CN1Cc2c(Cl)cc(Cl)cc2C(c2cccc(S(=O)(=O)CCCOCCOCCNC(=O)CCC(=O)CCCOCCOCCNS(=O)(=O)c3cccc(C4CN(C)Cc5c(Cl)cc(Cl)cc54)c3)c2)C1.CN1Cc2c(Cl)cc(Cl)cc2C(c2cccc(S(=O)(=O)NCCOCCOCCN)c2)C1.O=C(CCC(=O)ON1C(=O)CCC1=O)ON1C(=O)CCC1=O.[2H]CF. The van der Waals surface area contributed by atoms with E-state index in [0.29, 0.717) is 112 Å². The van der Waals surface area contributed by atoms with Crippen LogP contribution in [0.2, 0.25) is 30.1 Å². The summed E-state index contributed by atoms with van der Waals surface area (Å²) in [6, 6.07) is 31.9. The number of alkyl halides is 1. The Labute approximate surface area is 772 Å². The molecule has 6 aromatic carbocycles. The molecule has 5 amide bonds. The molecule has 5 aliphatic rings. The van der Waals surface area contributed by atoms with Gasteiger partial charge in [-0.2, -0.15) is 0 Å². The molecule has 0 radical (unpaired) electrons. The van der Waals surface area contributed by atoms with Gasteiger partial charge in [0.15, 0.2) is 9.84 Å². The second kappa shape index (κ2) is 53.3. The average molecular weight is 1950 g/mol. The van der Waals surface area contributed by atoms with Gasteiger partial charge in [0.25, 0.3) is 23.6 Å². The molecule has 5 aliphatic heterocycles. The van der Waals surface area contributed by atoms with E-state index >= 15 is 0 Å². The van der Waals surface area contributed by atoms with Crippen LogP contribution in [0.1, 0.15) is 147 Å². The summed E-state index contributed by atoms with van der Waals surface area (Å²) in [5.74, 6) is -5.01. The normalized spacial score (nSPS) is 16.6. The minimum Gasteiger partial charge on any atom is -0.379 e. The lowest BCUT2D eigenvalue weighted by atomic mass is 9.85. The topological polar surface area (TPSA) is 391 Å². The Morgan fingerprint density at radius 2 is 0.787 bits per heavy atom. The van der Waals surface area contributed by atoms with Gasteiger partial charge >= 0.3 is 11.9 Å². The number of carbonyl (C=O) groups excluding carboxylic acids is 8. The number of hydrogen-bond donors (Lipinski definition) is 4. The fourth-order valence-electron chi connectivity index (χ4n) is 14.2. The Morgan fingerprint density at radius 1 is 0.449 bits per heavy atom. The molecule has 2 fully saturated rings. The van der Waals surface area contributed by atoms with Gasteiger partial charge in [0.05, 0.1) is 108 Å². The van der Waals surface area contributed by atoms with E-state index in [2.05, 4.69) is 39.1 Å². The number of carbonyl (C=O) groups is 8. The van der Waals surface area contributed by atoms with Gasteiger partial charge in [-0.25, -0.2) is 44.3 Å². The van der Waals surface area contributed by atoms with Crippen molar-refractivity contribution in [1.82, 2.24) is 39.6 Å². The number of sulfone groups is 1. The zero-order valence-electron chi connectivity index (χ0n) is 71.0. The van der Waals surface area contributed by atoms with Gasteiger partial charge in [-0.15, -0.1) is 10.1 Å². The van der Waals surface area contributed by atoms with Crippen LogP contribution >= 0.6 is 69.6 Å². The minimum absolute atomic E-state index is 0. The fourth-order valence-corrected chi connectivity index (χ4v) is 19.4. The van der Waals surface area contributed by atoms with E-state index in [1.54, 1.807) is 72.8 Å². The van der Waals surface area contributed by atoms with Gasteiger partial charge in [-0.3, -0.25) is 33.2 Å². The van der Waals surface area contributed by atoms with E-state index in [1.807, 2.05) is 57.5 Å². The molecular weight excluding hydrogens is 1840 g/mol. The van der Waals surface area contributed by atoms with Crippen molar-refractivity contribution in [3.63, 3.8) is 0 Å². The smallest absolute Gasteiger partial charge is 0.333 e. The van der Waals surface area contributed by atoms with Crippen molar-refractivity contribution in [1.29, 1.82) is 0 Å². The third kappa shape index (κ3) is 33.5. The van der Waals surface area contributed by atoms with Crippen molar-refractivity contribution in [2.45, 2.75) is 130 Å². The molecule has 31 nitrogen and oxygen atoms in total. The van der Waals surface area contributed by atoms with Crippen molar-refractivity contribution in [3.05, 3.63) is 189 Å². The van der Waals surface area contributed by atoms with E-state index in [1.165, 1.54) is 0 Å². The van der Waals surface area contributed by atoms with Gasteiger partial charge in [-0.1, -0.05) is 113 Å². The maximum Gasteiger partial charge on any atom is 0.333 e.